The molecule has 1 rings (SSSR count). The Morgan fingerprint density at radius 1 is 1.40 bits per heavy atom. The Morgan fingerprint density at radius 3 is 2.33 bits per heavy atom. The lowest BCUT2D eigenvalue weighted by Crippen LogP contribution is -2.41. The quantitative estimate of drug-likeness (QED) is 0.709. The molecule has 0 N–H and O–H groups in total. The molecule has 0 aromatic carbocycles. The van der Waals surface area contributed by atoms with Crippen molar-refractivity contribution < 1.29 is 4.79 Å². The van der Waals surface area contributed by atoms with Crippen molar-refractivity contribution in [2.45, 2.75) is 39.7 Å². The summed E-state index contributed by atoms with van der Waals surface area (Å²) in [7, 11) is 2.18. The predicted octanol–water partition coefficient (Wildman–Crippen LogP) is 1.59. The highest BCUT2D eigenvalue weighted by Gasteiger charge is 2.21. The molecule has 1 aliphatic rings. The number of carbonyl (C=O) groups is 1. The summed E-state index contributed by atoms with van der Waals surface area (Å²) < 4.78 is 0. The maximum atomic E-state index is 11.2. The van der Waals surface area contributed by atoms with Crippen LogP contribution in [0.3, 0.4) is 0 Å². The summed E-state index contributed by atoms with van der Waals surface area (Å²) in [5.74, 6) is 0.999. The van der Waals surface area contributed by atoms with Gasteiger partial charge >= 0.3 is 0 Å². The van der Waals surface area contributed by atoms with Gasteiger partial charge in [0.15, 0.2) is 0 Å². The Balaban J connectivity index is 2.28. The normalized spacial score (nSPS) is 18.9. The van der Waals surface area contributed by atoms with Gasteiger partial charge in [-0.2, -0.15) is 0 Å². The molecular weight excluding hydrogens is 188 g/mol. The monoisotopic (exact) mass is 212 g/mol. The number of hydrogen-bond acceptors (Lipinski definition) is 2. The van der Waals surface area contributed by atoms with E-state index in [4.69, 9.17) is 0 Å². The van der Waals surface area contributed by atoms with E-state index in [2.05, 4.69) is 25.8 Å². The van der Waals surface area contributed by atoms with E-state index in [9.17, 15) is 4.79 Å². The van der Waals surface area contributed by atoms with Crippen molar-refractivity contribution in [1.29, 1.82) is 0 Å². The lowest BCUT2D eigenvalue weighted by atomic mass is 9.96. The Hall–Kier alpha value is -0.570. The average molecular weight is 212 g/mol. The van der Waals surface area contributed by atoms with Gasteiger partial charge in [-0.15, -0.1) is 0 Å². The van der Waals surface area contributed by atoms with Crippen molar-refractivity contribution in [2.75, 3.05) is 26.7 Å². The second-order valence-electron chi connectivity index (χ2n) is 4.98. The molecule has 1 fully saturated rings. The van der Waals surface area contributed by atoms with Crippen LogP contribution in [0, 0.1) is 5.92 Å². The van der Waals surface area contributed by atoms with Crippen molar-refractivity contribution in [2.24, 2.45) is 5.92 Å². The van der Waals surface area contributed by atoms with Crippen LogP contribution in [0.25, 0.3) is 0 Å². The second kappa shape index (κ2) is 5.50. The number of hydrogen-bond donors (Lipinski definition) is 0. The molecular formula is C12H24N2O. The predicted molar refractivity (Wildman–Crippen MR) is 62.7 cm³/mol. The molecule has 0 atom stereocenters. The molecule has 3 nitrogen and oxygen atoms in total. The summed E-state index contributed by atoms with van der Waals surface area (Å²) in [6, 6.07) is 0.621. The fourth-order valence-corrected chi connectivity index (χ4v) is 2.05. The largest absolute Gasteiger partial charge is 0.343 e. The molecule has 0 saturated carbocycles. The van der Waals surface area contributed by atoms with Gasteiger partial charge in [-0.1, -0.05) is 0 Å². The summed E-state index contributed by atoms with van der Waals surface area (Å²) in [5, 5.41) is 0. The van der Waals surface area contributed by atoms with Crippen molar-refractivity contribution in [3.8, 4) is 0 Å². The van der Waals surface area contributed by atoms with E-state index < -0.39 is 0 Å². The van der Waals surface area contributed by atoms with Gasteiger partial charge in [-0.05, 0) is 39.7 Å². The maximum Gasteiger partial charge on any atom is 0.219 e. The molecule has 1 aliphatic heterocycles. The number of carbonyl (C=O) groups excluding carboxylic acids is 1. The van der Waals surface area contributed by atoms with E-state index in [1.807, 2.05) is 4.90 Å². The number of likely N-dealkylation sites (tertiary alicyclic amines) is 1. The SMILES string of the molecule is CC(=O)N1CCC(CN(C)C(C)C)CC1. The molecule has 1 amide bonds. The van der Waals surface area contributed by atoms with Crippen LogP contribution in [-0.4, -0.2) is 48.4 Å². The fraction of sp³-hybridized carbons (Fsp3) is 0.917. The summed E-state index contributed by atoms with van der Waals surface area (Å²) in [6.07, 6.45) is 2.33. The summed E-state index contributed by atoms with van der Waals surface area (Å²) in [4.78, 5) is 15.5. The molecule has 88 valence electrons. The van der Waals surface area contributed by atoms with Crippen LogP contribution in [-0.2, 0) is 4.79 Å². The first-order valence-electron chi connectivity index (χ1n) is 5.96. The van der Waals surface area contributed by atoms with E-state index in [0.717, 1.165) is 31.8 Å². The highest BCUT2D eigenvalue weighted by atomic mass is 16.2. The molecule has 0 unspecified atom stereocenters. The van der Waals surface area contributed by atoms with Crippen LogP contribution < -0.4 is 0 Å². The minimum atomic E-state index is 0.227. The van der Waals surface area contributed by atoms with Crippen molar-refractivity contribution in [1.82, 2.24) is 9.80 Å². The zero-order valence-electron chi connectivity index (χ0n) is 10.5. The van der Waals surface area contributed by atoms with Gasteiger partial charge in [0, 0.05) is 32.6 Å². The number of nitrogens with zero attached hydrogens (tertiary/aromatic N) is 2. The number of amides is 1. The Labute approximate surface area is 93.4 Å². The summed E-state index contributed by atoms with van der Waals surface area (Å²) in [5.41, 5.74) is 0. The Bertz CT molecular complexity index is 208. The van der Waals surface area contributed by atoms with E-state index in [1.165, 1.54) is 6.54 Å². The van der Waals surface area contributed by atoms with E-state index >= 15 is 0 Å². The molecule has 0 radical (unpaired) electrons. The van der Waals surface area contributed by atoms with Crippen LogP contribution in [0.2, 0.25) is 0 Å². The summed E-state index contributed by atoms with van der Waals surface area (Å²) in [6.45, 7) is 9.19. The van der Waals surface area contributed by atoms with Gasteiger partial charge in [0.1, 0.15) is 0 Å². The standard InChI is InChI=1S/C12H24N2O/c1-10(2)13(4)9-12-5-7-14(8-6-12)11(3)15/h10,12H,5-9H2,1-4H3. The minimum Gasteiger partial charge on any atom is -0.343 e. The number of piperidine rings is 1. The zero-order valence-corrected chi connectivity index (χ0v) is 10.5. The van der Waals surface area contributed by atoms with Crippen LogP contribution in [0.1, 0.15) is 33.6 Å². The first-order valence-corrected chi connectivity index (χ1v) is 5.96. The lowest BCUT2D eigenvalue weighted by Gasteiger charge is -2.34. The first kappa shape index (κ1) is 12.5. The molecule has 0 aromatic rings. The second-order valence-corrected chi connectivity index (χ2v) is 4.98. The van der Waals surface area contributed by atoms with Crippen LogP contribution in [0.15, 0.2) is 0 Å². The smallest absolute Gasteiger partial charge is 0.219 e. The van der Waals surface area contributed by atoms with E-state index in [0.29, 0.717) is 6.04 Å². The fourth-order valence-electron chi connectivity index (χ4n) is 2.05. The van der Waals surface area contributed by atoms with E-state index in [-0.39, 0.29) is 5.91 Å². The van der Waals surface area contributed by atoms with E-state index in [1.54, 1.807) is 6.92 Å². The lowest BCUT2D eigenvalue weighted by molar-refractivity contribution is -0.130. The molecule has 3 heteroatoms. The van der Waals surface area contributed by atoms with Gasteiger partial charge in [0.05, 0.1) is 0 Å². The Kier molecular flexibility index (Phi) is 4.58. The topological polar surface area (TPSA) is 23.6 Å². The highest BCUT2D eigenvalue weighted by molar-refractivity contribution is 5.73. The van der Waals surface area contributed by atoms with Gasteiger partial charge in [-0.25, -0.2) is 0 Å². The van der Waals surface area contributed by atoms with Crippen LogP contribution >= 0.6 is 0 Å². The zero-order chi connectivity index (χ0) is 11.4. The van der Waals surface area contributed by atoms with Gasteiger partial charge in [-0.3, -0.25) is 4.79 Å². The third-order valence-corrected chi connectivity index (χ3v) is 3.49. The molecule has 0 aromatic heterocycles. The molecule has 0 aliphatic carbocycles. The van der Waals surface area contributed by atoms with Crippen molar-refractivity contribution in [3.63, 3.8) is 0 Å². The maximum absolute atomic E-state index is 11.2. The average Bonchev–Trinajstić information content (AvgIpc) is 2.18. The first-order chi connectivity index (χ1) is 7.00. The van der Waals surface area contributed by atoms with Crippen molar-refractivity contribution in [3.05, 3.63) is 0 Å². The Morgan fingerprint density at radius 2 is 1.93 bits per heavy atom. The van der Waals surface area contributed by atoms with Crippen LogP contribution in [0.4, 0.5) is 0 Å². The van der Waals surface area contributed by atoms with Crippen LogP contribution in [0.5, 0.6) is 0 Å². The molecule has 0 spiro atoms. The minimum absolute atomic E-state index is 0.227. The third-order valence-electron chi connectivity index (χ3n) is 3.49. The van der Waals surface area contributed by atoms with Gasteiger partial charge in [0.25, 0.3) is 0 Å². The highest BCUT2D eigenvalue weighted by Crippen LogP contribution is 2.18. The molecule has 15 heavy (non-hydrogen) atoms. The van der Waals surface area contributed by atoms with Crippen molar-refractivity contribution >= 4 is 5.91 Å². The van der Waals surface area contributed by atoms with Gasteiger partial charge < -0.3 is 9.80 Å². The number of rotatable bonds is 3. The third kappa shape index (κ3) is 3.82. The molecule has 1 heterocycles. The van der Waals surface area contributed by atoms with Gasteiger partial charge in [0.2, 0.25) is 5.91 Å². The molecule has 0 bridgehead atoms. The molecule has 1 saturated heterocycles. The summed E-state index contributed by atoms with van der Waals surface area (Å²) >= 11 is 0.